The molecule has 4 nitrogen and oxygen atoms in total. The van der Waals surface area contributed by atoms with Crippen molar-refractivity contribution in [2.75, 3.05) is 18.0 Å². The number of carboxylic acids is 1. The molecule has 0 aromatic carbocycles. The first-order valence-electron chi connectivity index (χ1n) is 6.90. The SMILES string of the molecule is CCC1(C)CCN(c2cc(C)ncc2C(=O)O)CC1. The van der Waals surface area contributed by atoms with Crippen molar-refractivity contribution in [2.24, 2.45) is 5.41 Å². The highest BCUT2D eigenvalue weighted by atomic mass is 16.4. The van der Waals surface area contributed by atoms with Crippen LogP contribution < -0.4 is 4.90 Å². The van der Waals surface area contributed by atoms with Crippen molar-refractivity contribution in [1.29, 1.82) is 0 Å². The van der Waals surface area contributed by atoms with E-state index in [0.29, 0.717) is 11.0 Å². The molecule has 1 N–H and O–H groups in total. The molecule has 0 radical (unpaired) electrons. The maximum atomic E-state index is 11.3. The number of pyridine rings is 1. The van der Waals surface area contributed by atoms with Gasteiger partial charge in [0, 0.05) is 25.0 Å². The number of anilines is 1. The van der Waals surface area contributed by atoms with Gasteiger partial charge >= 0.3 is 5.97 Å². The van der Waals surface area contributed by atoms with E-state index < -0.39 is 5.97 Å². The molecule has 0 unspecified atom stereocenters. The normalized spacial score (nSPS) is 18.4. The van der Waals surface area contributed by atoms with Crippen molar-refractivity contribution in [3.05, 3.63) is 23.5 Å². The first kappa shape index (κ1) is 13.8. The van der Waals surface area contributed by atoms with Crippen LogP contribution >= 0.6 is 0 Å². The molecule has 0 bridgehead atoms. The molecule has 0 spiro atoms. The molecule has 2 heterocycles. The molecule has 104 valence electrons. The van der Waals surface area contributed by atoms with Gasteiger partial charge in [0.05, 0.1) is 5.69 Å². The average molecular weight is 262 g/mol. The Labute approximate surface area is 114 Å². The minimum absolute atomic E-state index is 0.311. The predicted octanol–water partition coefficient (Wildman–Crippen LogP) is 3.10. The Morgan fingerprint density at radius 3 is 2.63 bits per heavy atom. The van der Waals surface area contributed by atoms with E-state index in [-0.39, 0.29) is 0 Å². The van der Waals surface area contributed by atoms with Crippen LogP contribution in [-0.2, 0) is 0 Å². The van der Waals surface area contributed by atoms with E-state index in [9.17, 15) is 9.90 Å². The smallest absolute Gasteiger partial charge is 0.339 e. The van der Waals surface area contributed by atoms with Crippen molar-refractivity contribution >= 4 is 11.7 Å². The summed E-state index contributed by atoms with van der Waals surface area (Å²) >= 11 is 0. The Balaban J connectivity index is 2.24. The fourth-order valence-corrected chi connectivity index (χ4v) is 2.61. The Morgan fingerprint density at radius 1 is 1.47 bits per heavy atom. The van der Waals surface area contributed by atoms with Gasteiger partial charge in [-0.05, 0) is 31.2 Å². The van der Waals surface area contributed by atoms with Crippen molar-refractivity contribution < 1.29 is 9.90 Å². The Morgan fingerprint density at radius 2 is 2.11 bits per heavy atom. The summed E-state index contributed by atoms with van der Waals surface area (Å²) in [7, 11) is 0. The molecule has 0 atom stereocenters. The van der Waals surface area contributed by atoms with E-state index in [4.69, 9.17) is 0 Å². The number of aromatic nitrogens is 1. The predicted molar refractivity (Wildman–Crippen MR) is 75.8 cm³/mol. The van der Waals surface area contributed by atoms with Crippen molar-refractivity contribution in [2.45, 2.75) is 40.0 Å². The molecular formula is C15H22N2O2. The summed E-state index contributed by atoms with van der Waals surface area (Å²) in [5, 5.41) is 9.27. The van der Waals surface area contributed by atoms with E-state index in [1.54, 1.807) is 0 Å². The lowest BCUT2D eigenvalue weighted by molar-refractivity contribution is 0.0697. The van der Waals surface area contributed by atoms with E-state index in [2.05, 4.69) is 23.7 Å². The van der Waals surface area contributed by atoms with Gasteiger partial charge in [0.1, 0.15) is 5.56 Å². The summed E-state index contributed by atoms with van der Waals surface area (Å²) in [5.74, 6) is -0.897. The highest BCUT2D eigenvalue weighted by molar-refractivity contribution is 5.94. The average Bonchev–Trinajstić information content (AvgIpc) is 2.39. The number of hydrogen-bond acceptors (Lipinski definition) is 3. The van der Waals surface area contributed by atoms with Gasteiger partial charge in [-0.15, -0.1) is 0 Å². The van der Waals surface area contributed by atoms with Crippen LogP contribution in [0.5, 0.6) is 0 Å². The fourth-order valence-electron chi connectivity index (χ4n) is 2.61. The summed E-state index contributed by atoms with van der Waals surface area (Å²) in [6, 6.07) is 1.89. The molecule has 1 fully saturated rings. The van der Waals surface area contributed by atoms with E-state index in [1.165, 1.54) is 12.6 Å². The molecule has 1 aromatic heterocycles. The number of aromatic carboxylic acids is 1. The lowest BCUT2D eigenvalue weighted by atomic mass is 9.78. The van der Waals surface area contributed by atoms with Gasteiger partial charge in [0.25, 0.3) is 0 Å². The van der Waals surface area contributed by atoms with Gasteiger partial charge in [-0.25, -0.2) is 4.79 Å². The maximum Gasteiger partial charge on any atom is 0.339 e. The molecule has 1 aromatic rings. The number of nitrogens with zero attached hydrogens (tertiary/aromatic N) is 2. The van der Waals surface area contributed by atoms with Crippen molar-refractivity contribution in [1.82, 2.24) is 4.98 Å². The zero-order valence-electron chi connectivity index (χ0n) is 11.9. The number of piperidine rings is 1. The topological polar surface area (TPSA) is 53.4 Å². The first-order chi connectivity index (χ1) is 8.95. The van der Waals surface area contributed by atoms with Gasteiger partial charge in [0.15, 0.2) is 0 Å². The second-order valence-electron chi connectivity index (χ2n) is 5.80. The molecule has 1 aliphatic heterocycles. The number of hydrogen-bond donors (Lipinski definition) is 1. The summed E-state index contributed by atoms with van der Waals surface area (Å²) < 4.78 is 0. The molecule has 1 aliphatic rings. The van der Waals surface area contributed by atoms with Crippen LogP contribution in [0, 0.1) is 12.3 Å². The molecule has 4 heteroatoms. The van der Waals surface area contributed by atoms with Crippen molar-refractivity contribution in [3.8, 4) is 0 Å². The van der Waals surface area contributed by atoms with Crippen LogP contribution in [0.1, 0.15) is 49.2 Å². The zero-order valence-corrected chi connectivity index (χ0v) is 11.9. The van der Waals surface area contributed by atoms with Gasteiger partial charge < -0.3 is 10.0 Å². The highest BCUT2D eigenvalue weighted by Crippen LogP contribution is 2.36. The third kappa shape index (κ3) is 2.88. The quantitative estimate of drug-likeness (QED) is 0.909. The zero-order chi connectivity index (χ0) is 14.0. The van der Waals surface area contributed by atoms with Gasteiger partial charge in [-0.2, -0.15) is 0 Å². The fraction of sp³-hybridized carbons (Fsp3) is 0.600. The number of carbonyl (C=O) groups is 1. The van der Waals surface area contributed by atoms with Crippen LogP contribution in [0.3, 0.4) is 0 Å². The molecule has 19 heavy (non-hydrogen) atoms. The van der Waals surface area contributed by atoms with Crippen LogP contribution in [-0.4, -0.2) is 29.1 Å². The number of carboxylic acid groups (broad SMARTS) is 1. The Hall–Kier alpha value is -1.58. The van der Waals surface area contributed by atoms with Crippen LogP contribution in [0.2, 0.25) is 0 Å². The molecule has 2 rings (SSSR count). The number of rotatable bonds is 3. The molecule has 0 aliphatic carbocycles. The van der Waals surface area contributed by atoms with Crippen LogP contribution in [0.4, 0.5) is 5.69 Å². The van der Waals surface area contributed by atoms with Crippen LogP contribution in [0.25, 0.3) is 0 Å². The largest absolute Gasteiger partial charge is 0.478 e. The van der Waals surface area contributed by atoms with E-state index in [1.807, 2.05) is 13.0 Å². The maximum absolute atomic E-state index is 11.3. The Bertz CT molecular complexity index is 477. The third-order valence-electron chi connectivity index (χ3n) is 4.41. The Kier molecular flexibility index (Phi) is 3.78. The molecule has 1 saturated heterocycles. The second-order valence-corrected chi connectivity index (χ2v) is 5.80. The second kappa shape index (κ2) is 5.19. The lowest BCUT2D eigenvalue weighted by Gasteiger charge is -2.40. The first-order valence-corrected chi connectivity index (χ1v) is 6.90. The van der Waals surface area contributed by atoms with E-state index in [0.717, 1.165) is 37.3 Å². The van der Waals surface area contributed by atoms with Gasteiger partial charge in [-0.3, -0.25) is 4.98 Å². The molecule has 0 saturated carbocycles. The van der Waals surface area contributed by atoms with Crippen LogP contribution in [0.15, 0.2) is 12.3 Å². The lowest BCUT2D eigenvalue weighted by Crippen LogP contribution is -2.39. The summed E-state index contributed by atoms with van der Waals surface area (Å²) in [4.78, 5) is 17.6. The molecule has 0 amide bonds. The number of aryl methyl sites for hydroxylation is 1. The minimum atomic E-state index is -0.897. The third-order valence-corrected chi connectivity index (χ3v) is 4.41. The summed E-state index contributed by atoms with van der Waals surface area (Å²) in [6.45, 7) is 8.30. The summed E-state index contributed by atoms with van der Waals surface area (Å²) in [5.41, 5.74) is 2.40. The minimum Gasteiger partial charge on any atom is -0.478 e. The van der Waals surface area contributed by atoms with Gasteiger partial charge in [-0.1, -0.05) is 20.3 Å². The van der Waals surface area contributed by atoms with Gasteiger partial charge in [0.2, 0.25) is 0 Å². The monoisotopic (exact) mass is 262 g/mol. The standard InChI is InChI=1S/C15H22N2O2/c1-4-15(3)5-7-17(8-6-15)13-9-11(2)16-10-12(13)14(18)19/h9-10H,4-8H2,1-3H3,(H,18,19). The van der Waals surface area contributed by atoms with Crippen molar-refractivity contribution in [3.63, 3.8) is 0 Å². The highest BCUT2D eigenvalue weighted by Gasteiger charge is 2.29. The van der Waals surface area contributed by atoms with E-state index >= 15 is 0 Å². The molecular weight excluding hydrogens is 240 g/mol. The summed E-state index contributed by atoms with van der Waals surface area (Å²) in [6.07, 6.45) is 4.89.